The van der Waals surface area contributed by atoms with Gasteiger partial charge in [-0.05, 0) is 37.2 Å². The van der Waals surface area contributed by atoms with E-state index in [1.807, 2.05) is 11.9 Å². The number of likely N-dealkylation sites (N-methyl/N-ethyl adjacent to an activating group) is 1. The van der Waals surface area contributed by atoms with Gasteiger partial charge in [0.1, 0.15) is 5.56 Å². The summed E-state index contributed by atoms with van der Waals surface area (Å²) in [6.45, 7) is 4.66. The zero-order valence-corrected chi connectivity index (χ0v) is 16.1. The minimum Gasteiger partial charge on any atom is -0.369 e. The van der Waals surface area contributed by atoms with E-state index in [9.17, 15) is 25.0 Å². The van der Waals surface area contributed by atoms with Crippen molar-refractivity contribution in [3.05, 3.63) is 61.7 Å². The zero-order valence-electron chi connectivity index (χ0n) is 16.1. The summed E-state index contributed by atoms with van der Waals surface area (Å²) in [5.74, 6) is -0.919. The van der Waals surface area contributed by atoms with E-state index in [0.717, 1.165) is 13.1 Å². The lowest BCUT2D eigenvalue weighted by molar-refractivity contribution is -0.385. The number of hydrogen-bond donors (Lipinski definition) is 1. The molecule has 1 saturated heterocycles. The summed E-state index contributed by atoms with van der Waals surface area (Å²) in [4.78, 5) is 38.0. The standard InChI is InChI=1S/C19H21N5O5/c1-12-3-4-13(23(26)27)9-15(12)16-10-14(22-7-5-21(2)6-8-22)11-17(19(20)25)18(16)24(28)29/h3-4,9-11H,5-8H2,1-2H3,(H2,20,25). The lowest BCUT2D eigenvalue weighted by Gasteiger charge is -2.34. The topological polar surface area (TPSA) is 136 Å². The van der Waals surface area contributed by atoms with Crippen LogP contribution in [0.2, 0.25) is 0 Å². The maximum absolute atomic E-state index is 12.0. The largest absolute Gasteiger partial charge is 0.369 e. The number of amides is 1. The minimum atomic E-state index is -0.919. The van der Waals surface area contributed by atoms with Crippen LogP contribution in [0.15, 0.2) is 30.3 Å². The number of nitro benzene ring substituents is 2. The van der Waals surface area contributed by atoms with Crippen molar-refractivity contribution in [1.82, 2.24) is 4.90 Å². The molecule has 10 nitrogen and oxygen atoms in total. The molecule has 10 heteroatoms. The Morgan fingerprint density at radius 1 is 1.00 bits per heavy atom. The summed E-state index contributed by atoms with van der Waals surface area (Å²) in [5, 5.41) is 23.0. The van der Waals surface area contributed by atoms with E-state index in [0.29, 0.717) is 29.9 Å². The molecule has 1 heterocycles. The first kappa shape index (κ1) is 20.2. The van der Waals surface area contributed by atoms with E-state index in [-0.39, 0.29) is 16.8 Å². The van der Waals surface area contributed by atoms with Crippen LogP contribution < -0.4 is 10.6 Å². The van der Waals surface area contributed by atoms with Gasteiger partial charge in [-0.15, -0.1) is 0 Å². The number of hydrogen-bond acceptors (Lipinski definition) is 7. The van der Waals surface area contributed by atoms with Crippen LogP contribution in [0.3, 0.4) is 0 Å². The van der Waals surface area contributed by atoms with Crippen molar-refractivity contribution in [3.63, 3.8) is 0 Å². The van der Waals surface area contributed by atoms with E-state index >= 15 is 0 Å². The highest BCUT2D eigenvalue weighted by atomic mass is 16.6. The third-order valence-corrected chi connectivity index (χ3v) is 5.13. The molecule has 0 radical (unpaired) electrons. The van der Waals surface area contributed by atoms with Gasteiger partial charge >= 0.3 is 0 Å². The van der Waals surface area contributed by atoms with Crippen LogP contribution in [-0.2, 0) is 0 Å². The first-order valence-corrected chi connectivity index (χ1v) is 9.00. The highest BCUT2D eigenvalue weighted by Gasteiger charge is 2.29. The lowest BCUT2D eigenvalue weighted by atomic mass is 9.94. The summed E-state index contributed by atoms with van der Waals surface area (Å²) in [6, 6.07) is 7.20. The fourth-order valence-corrected chi connectivity index (χ4v) is 3.47. The van der Waals surface area contributed by atoms with Crippen molar-refractivity contribution in [2.45, 2.75) is 6.92 Å². The summed E-state index contributed by atoms with van der Waals surface area (Å²) in [6.07, 6.45) is 0. The maximum atomic E-state index is 12.0. The average molecular weight is 399 g/mol. The third-order valence-electron chi connectivity index (χ3n) is 5.13. The van der Waals surface area contributed by atoms with E-state index in [1.54, 1.807) is 13.0 Å². The number of non-ortho nitro benzene ring substituents is 1. The summed E-state index contributed by atoms with van der Waals surface area (Å²) >= 11 is 0. The number of anilines is 1. The Kier molecular flexibility index (Phi) is 5.46. The van der Waals surface area contributed by atoms with Crippen LogP contribution in [-0.4, -0.2) is 53.9 Å². The number of nitro groups is 2. The Balaban J connectivity index is 2.26. The smallest absolute Gasteiger partial charge is 0.290 e. The molecule has 2 aromatic rings. The van der Waals surface area contributed by atoms with Gasteiger partial charge in [-0.1, -0.05) is 6.07 Å². The molecule has 152 valence electrons. The first-order chi connectivity index (χ1) is 13.7. The van der Waals surface area contributed by atoms with Gasteiger partial charge in [0.15, 0.2) is 0 Å². The Labute approximate surface area is 166 Å². The van der Waals surface area contributed by atoms with Crippen molar-refractivity contribution in [1.29, 1.82) is 0 Å². The van der Waals surface area contributed by atoms with Crippen LogP contribution in [0.5, 0.6) is 0 Å². The van der Waals surface area contributed by atoms with Crippen LogP contribution in [0.1, 0.15) is 15.9 Å². The molecule has 1 aliphatic rings. The van der Waals surface area contributed by atoms with E-state index in [1.165, 1.54) is 24.3 Å². The molecule has 2 N–H and O–H groups in total. The SMILES string of the molecule is Cc1ccc([N+](=O)[O-])cc1-c1cc(N2CCN(C)CC2)cc(C(N)=O)c1[N+](=O)[O-]. The summed E-state index contributed by atoms with van der Waals surface area (Å²) < 4.78 is 0. The second kappa shape index (κ2) is 7.84. The predicted molar refractivity (Wildman–Crippen MR) is 108 cm³/mol. The highest BCUT2D eigenvalue weighted by molar-refractivity contribution is 6.02. The van der Waals surface area contributed by atoms with Gasteiger partial charge in [0.25, 0.3) is 17.3 Å². The van der Waals surface area contributed by atoms with Crippen LogP contribution in [0.4, 0.5) is 17.1 Å². The quantitative estimate of drug-likeness (QED) is 0.602. The molecule has 0 unspecified atom stereocenters. The van der Waals surface area contributed by atoms with Crippen LogP contribution in [0.25, 0.3) is 11.1 Å². The number of nitrogens with two attached hydrogens (primary N) is 1. The number of carbonyl (C=O) groups is 1. The van der Waals surface area contributed by atoms with E-state index < -0.39 is 21.4 Å². The van der Waals surface area contributed by atoms with Gasteiger partial charge in [0, 0.05) is 44.0 Å². The predicted octanol–water partition coefficient (Wildman–Crippen LogP) is 2.33. The molecule has 29 heavy (non-hydrogen) atoms. The summed E-state index contributed by atoms with van der Waals surface area (Å²) in [5.41, 5.74) is 6.31. The monoisotopic (exact) mass is 399 g/mol. The van der Waals surface area contributed by atoms with E-state index in [4.69, 9.17) is 5.73 Å². The maximum Gasteiger partial charge on any atom is 0.290 e. The Hall–Kier alpha value is -3.53. The van der Waals surface area contributed by atoms with Gasteiger partial charge < -0.3 is 15.5 Å². The molecule has 0 spiro atoms. The molecular weight excluding hydrogens is 378 g/mol. The average Bonchev–Trinajstić information content (AvgIpc) is 2.67. The number of piperazine rings is 1. The fraction of sp³-hybridized carbons (Fsp3) is 0.316. The normalized spacial score (nSPS) is 14.6. The third kappa shape index (κ3) is 4.02. The van der Waals surface area contributed by atoms with Crippen molar-refractivity contribution < 1.29 is 14.6 Å². The number of carbonyl (C=O) groups excluding carboxylic acids is 1. The molecule has 0 aromatic heterocycles. The number of nitrogens with zero attached hydrogens (tertiary/aromatic N) is 4. The Morgan fingerprint density at radius 2 is 1.66 bits per heavy atom. The van der Waals surface area contributed by atoms with Crippen molar-refractivity contribution in [2.24, 2.45) is 5.73 Å². The summed E-state index contributed by atoms with van der Waals surface area (Å²) in [7, 11) is 2.00. The van der Waals surface area contributed by atoms with Crippen molar-refractivity contribution in [2.75, 3.05) is 38.1 Å². The van der Waals surface area contributed by atoms with Crippen molar-refractivity contribution in [3.8, 4) is 11.1 Å². The van der Waals surface area contributed by atoms with Gasteiger partial charge in [-0.3, -0.25) is 25.0 Å². The van der Waals surface area contributed by atoms with Crippen LogP contribution >= 0.6 is 0 Å². The second-order valence-electron chi connectivity index (χ2n) is 7.06. The van der Waals surface area contributed by atoms with Gasteiger partial charge in [-0.2, -0.15) is 0 Å². The molecular formula is C19H21N5O5. The molecule has 3 rings (SSSR count). The molecule has 1 aliphatic heterocycles. The first-order valence-electron chi connectivity index (χ1n) is 9.00. The zero-order chi connectivity index (χ0) is 21.3. The van der Waals surface area contributed by atoms with Crippen molar-refractivity contribution >= 4 is 23.0 Å². The second-order valence-corrected chi connectivity index (χ2v) is 7.06. The Bertz CT molecular complexity index is 999. The van der Waals surface area contributed by atoms with E-state index in [2.05, 4.69) is 4.90 Å². The minimum absolute atomic E-state index is 0.140. The molecule has 2 aromatic carbocycles. The highest BCUT2D eigenvalue weighted by Crippen LogP contribution is 2.39. The number of primary amides is 1. The molecule has 1 amide bonds. The Morgan fingerprint density at radius 3 is 2.21 bits per heavy atom. The molecule has 0 aliphatic carbocycles. The van der Waals surface area contributed by atoms with Gasteiger partial charge in [0.05, 0.1) is 15.4 Å². The molecule has 0 atom stereocenters. The van der Waals surface area contributed by atoms with Crippen LogP contribution in [0, 0.1) is 27.2 Å². The lowest BCUT2D eigenvalue weighted by Crippen LogP contribution is -2.44. The fourth-order valence-electron chi connectivity index (χ4n) is 3.47. The molecule has 0 saturated carbocycles. The van der Waals surface area contributed by atoms with Gasteiger partial charge in [0.2, 0.25) is 0 Å². The molecule has 0 bridgehead atoms. The number of aryl methyl sites for hydroxylation is 1. The van der Waals surface area contributed by atoms with Gasteiger partial charge in [-0.25, -0.2) is 0 Å². The molecule has 1 fully saturated rings. The number of rotatable bonds is 5. The number of benzene rings is 2.